The van der Waals surface area contributed by atoms with Crippen molar-refractivity contribution < 1.29 is 68.0 Å². The molecule has 0 unspecified atom stereocenters. The van der Waals surface area contributed by atoms with Gasteiger partial charge in [0.05, 0.1) is 35.3 Å². The number of sulfonamides is 1. The van der Waals surface area contributed by atoms with E-state index in [1.165, 1.54) is 19.2 Å². The van der Waals surface area contributed by atoms with Crippen molar-refractivity contribution in [1.29, 1.82) is 0 Å². The van der Waals surface area contributed by atoms with Gasteiger partial charge < -0.3 is 20.1 Å². The molecule has 0 fully saturated rings. The number of carboxylic acid groups (broad SMARTS) is 1. The van der Waals surface area contributed by atoms with Crippen LogP contribution in [0, 0.1) is 5.82 Å². The molecule has 0 aliphatic carbocycles. The Balaban J connectivity index is 0.00000722. The summed E-state index contributed by atoms with van der Waals surface area (Å²) in [7, 11) is -2.68. The summed E-state index contributed by atoms with van der Waals surface area (Å²) in [4.78, 5) is 19.2. The number of nitrogens with zero attached hydrogens (tertiary/aromatic N) is 3. The molecule has 1 aromatic carbocycles. The van der Waals surface area contributed by atoms with Gasteiger partial charge in [-0.2, -0.15) is 0 Å². The molecule has 0 saturated heterocycles. The predicted octanol–water partition coefficient (Wildman–Crippen LogP) is -1.93. The minimum absolute atomic E-state index is 0. The standard InChI is InChI=1S/C22H28FN3O6S.Na/c1-13(2)20-18(10-9-16(27)11-17(28)12-19(29)30)21(14-5-7-15(23)8-6-14)25-22(24-20)26(3)33(4,31)32;/h5-10,13,16-17,27-28H,11-12H2,1-4H3,(H,29,30);/q;+1/p-1/b10-9+;/t16-,17-;/m1./s1/i5D,6D,7D,8D;. The molecule has 180 valence electrons. The van der Waals surface area contributed by atoms with Crippen LogP contribution >= 0.6 is 0 Å². The number of benzene rings is 1. The molecule has 1 heterocycles. The van der Waals surface area contributed by atoms with Gasteiger partial charge in [-0.25, -0.2) is 27.1 Å². The van der Waals surface area contributed by atoms with Crippen LogP contribution in [0.15, 0.2) is 30.2 Å². The van der Waals surface area contributed by atoms with Crippen molar-refractivity contribution >= 4 is 28.0 Å². The number of aromatic nitrogens is 2. The van der Waals surface area contributed by atoms with Crippen LogP contribution in [0.5, 0.6) is 0 Å². The number of aliphatic hydroxyl groups is 2. The molecule has 0 bridgehead atoms. The topological polar surface area (TPSA) is 144 Å². The van der Waals surface area contributed by atoms with Crippen molar-refractivity contribution in [3.05, 3.63) is 47.3 Å². The zero-order valence-electron chi connectivity index (χ0n) is 23.5. The number of aliphatic hydroxyl groups excluding tert-OH is 2. The van der Waals surface area contributed by atoms with Crippen molar-refractivity contribution in [2.24, 2.45) is 0 Å². The van der Waals surface area contributed by atoms with E-state index in [1.807, 2.05) is 0 Å². The van der Waals surface area contributed by atoms with Crippen molar-refractivity contribution in [1.82, 2.24) is 9.97 Å². The van der Waals surface area contributed by atoms with Gasteiger partial charge in [0.25, 0.3) is 0 Å². The minimum atomic E-state index is -3.86. The fourth-order valence-corrected chi connectivity index (χ4v) is 3.19. The molecule has 34 heavy (non-hydrogen) atoms. The number of halogens is 1. The zero-order chi connectivity index (χ0) is 28.4. The van der Waals surface area contributed by atoms with Crippen molar-refractivity contribution in [2.45, 2.75) is 44.8 Å². The summed E-state index contributed by atoms with van der Waals surface area (Å²) in [6.07, 6.45) is -0.498. The third-order valence-corrected chi connectivity index (χ3v) is 5.68. The van der Waals surface area contributed by atoms with E-state index in [1.54, 1.807) is 13.8 Å². The summed E-state index contributed by atoms with van der Waals surface area (Å²) < 4.78 is 71.6. The van der Waals surface area contributed by atoms with Crippen molar-refractivity contribution in [3.8, 4) is 11.3 Å². The van der Waals surface area contributed by atoms with Crippen LogP contribution in [0.3, 0.4) is 0 Å². The maximum Gasteiger partial charge on any atom is 1.00 e. The van der Waals surface area contributed by atoms with Crippen LogP contribution in [0.2, 0.25) is 0 Å². The number of aliphatic carboxylic acids is 1. The summed E-state index contributed by atoms with van der Waals surface area (Å²) in [6.45, 7) is 3.40. The Morgan fingerprint density at radius 2 is 1.85 bits per heavy atom. The smallest absolute Gasteiger partial charge is 0.550 e. The van der Waals surface area contributed by atoms with Gasteiger partial charge in [0.15, 0.2) is 0 Å². The molecule has 0 aliphatic heterocycles. The second kappa shape index (κ2) is 12.7. The summed E-state index contributed by atoms with van der Waals surface area (Å²) in [5.74, 6) is -3.64. The quantitative estimate of drug-likeness (QED) is 0.354. The van der Waals surface area contributed by atoms with Crippen LogP contribution in [-0.2, 0) is 14.8 Å². The Morgan fingerprint density at radius 3 is 2.35 bits per heavy atom. The third-order valence-electron chi connectivity index (χ3n) is 4.52. The molecule has 0 aliphatic rings. The van der Waals surface area contributed by atoms with E-state index < -0.39 is 76.1 Å². The fourth-order valence-electron chi connectivity index (χ4n) is 2.81. The van der Waals surface area contributed by atoms with E-state index in [2.05, 4.69) is 9.97 Å². The SMILES string of the molecule is [2H]c1c([2H])c(-c2nc(N(C)S(C)(=O)=O)nc(C(C)C)c2/C=C/[C@@H](O)C[C@@H](O)CC(=O)[O-])c([2H])c([2H])c1F.[Na+]. The van der Waals surface area contributed by atoms with E-state index in [0.29, 0.717) is 0 Å². The van der Waals surface area contributed by atoms with Crippen molar-refractivity contribution in [3.63, 3.8) is 0 Å². The maximum absolute atomic E-state index is 14.2. The average molecular weight is 508 g/mol. The van der Waals surface area contributed by atoms with Gasteiger partial charge in [-0.3, -0.25) is 0 Å². The van der Waals surface area contributed by atoms with Crippen LogP contribution in [0.25, 0.3) is 17.3 Å². The van der Waals surface area contributed by atoms with Crippen LogP contribution < -0.4 is 39.0 Å². The van der Waals surface area contributed by atoms with Gasteiger partial charge in [0, 0.05) is 37.0 Å². The van der Waals surface area contributed by atoms with E-state index in [4.69, 9.17) is 5.48 Å². The molecule has 0 radical (unpaired) electrons. The molecule has 9 nitrogen and oxygen atoms in total. The van der Waals surface area contributed by atoms with Gasteiger partial charge in [0.1, 0.15) is 5.82 Å². The van der Waals surface area contributed by atoms with Gasteiger partial charge in [-0.1, -0.05) is 26.0 Å². The second-order valence-corrected chi connectivity index (χ2v) is 9.65. The fraction of sp³-hybridized carbons (Fsp3) is 0.409. The molecule has 0 saturated carbocycles. The summed E-state index contributed by atoms with van der Waals surface area (Å²) >= 11 is 0. The Labute approximate surface area is 226 Å². The minimum Gasteiger partial charge on any atom is -0.550 e. The number of anilines is 1. The first-order chi connectivity index (χ1) is 17.0. The third kappa shape index (κ3) is 8.40. The van der Waals surface area contributed by atoms with Gasteiger partial charge in [-0.05, 0) is 30.1 Å². The van der Waals surface area contributed by atoms with Crippen LogP contribution in [-0.4, -0.2) is 60.1 Å². The molecular weight excluding hydrogens is 476 g/mol. The first-order valence-corrected chi connectivity index (χ1v) is 11.7. The van der Waals surface area contributed by atoms with Crippen LogP contribution in [0.1, 0.15) is 49.3 Å². The summed E-state index contributed by atoms with van der Waals surface area (Å²) in [5, 5.41) is 30.7. The number of rotatable bonds is 10. The second-order valence-electron chi connectivity index (χ2n) is 7.64. The first kappa shape index (κ1) is 23.8. The zero-order valence-corrected chi connectivity index (χ0v) is 22.3. The van der Waals surface area contributed by atoms with Crippen LogP contribution in [0.4, 0.5) is 10.3 Å². The Kier molecular flexibility index (Phi) is 8.91. The van der Waals surface area contributed by atoms with Gasteiger partial charge in [-0.15, -0.1) is 0 Å². The van der Waals surface area contributed by atoms with E-state index >= 15 is 0 Å². The Bertz CT molecular complexity index is 1320. The normalized spacial score (nSPS) is 15.2. The number of carbonyl (C=O) groups is 1. The molecule has 2 atom stereocenters. The molecular formula is C22H27FN3NaO6S. The summed E-state index contributed by atoms with van der Waals surface area (Å²) in [5.41, 5.74) is -0.383. The van der Waals surface area contributed by atoms with E-state index in [9.17, 15) is 32.9 Å². The number of carboxylic acids is 1. The predicted molar refractivity (Wildman–Crippen MR) is 120 cm³/mol. The van der Waals surface area contributed by atoms with Gasteiger partial charge >= 0.3 is 29.6 Å². The monoisotopic (exact) mass is 507 g/mol. The number of hydrogen-bond donors (Lipinski definition) is 2. The largest absolute Gasteiger partial charge is 1.00 e. The van der Waals surface area contributed by atoms with E-state index in [-0.39, 0.29) is 58.9 Å². The number of hydrogen-bond acceptors (Lipinski definition) is 8. The maximum atomic E-state index is 14.2. The Morgan fingerprint density at radius 1 is 1.26 bits per heavy atom. The van der Waals surface area contributed by atoms with E-state index in [0.717, 1.165) is 10.6 Å². The molecule has 0 spiro atoms. The number of carbonyl (C=O) groups excluding carboxylic acids is 1. The summed E-state index contributed by atoms with van der Waals surface area (Å²) in [6, 6.07) is -3.45. The molecule has 0 amide bonds. The molecule has 12 heteroatoms. The molecule has 2 aromatic rings. The molecule has 2 N–H and O–H groups in total. The average Bonchev–Trinajstić information content (AvgIpc) is 2.78. The molecule has 2 rings (SSSR count). The van der Waals surface area contributed by atoms with Crippen molar-refractivity contribution in [2.75, 3.05) is 17.6 Å². The molecule has 1 aromatic heterocycles. The first-order valence-electron chi connectivity index (χ1n) is 11.8. The Hall–Kier alpha value is -1.89. The van der Waals surface area contributed by atoms with Gasteiger partial charge in [0.2, 0.25) is 16.0 Å².